The Morgan fingerprint density at radius 1 is 0.614 bits per heavy atom. The molecule has 0 unspecified atom stereocenters. The van der Waals surface area contributed by atoms with Gasteiger partial charge in [-0.2, -0.15) is 0 Å². The normalized spacial score (nSPS) is 12.0. The van der Waals surface area contributed by atoms with E-state index in [-0.39, 0.29) is 166 Å². The second-order valence-electron chi connectivity index (χ2n) is 9.44. The number of nitrogens with one attached hydrogen (secondary N) is 1. The zero-order valence-corrected chi connectivity index (χ0v) is 43.0. The standard InChI is InChI=1S/C23H26N6O18S6.4Na/c1-25-20-12-16(24)19(28-26-17-4-2-14(10-22(17)52(36,37)38)50(32,33)8-6-42-48-46-44-30)13-21(20)29-27-18-5-3-15(11-23(18)53(39,40)41)51(34,35)9-7-43-49-47-45-31;;;;/h2-5,10-13,25,30-31H,6-9,24H2,1H3,(H,36,37,38)(H,39,40,41);;;;/q;4*+1/p-4. The van der Waals surface area contributed by atoms with Gasteiger partial charge in [-0.05, 0) is 48.5 Å². The van der Waals surface area contributed by atoms with Gasteiger partial charge >= 0.3 is 118 Å². The summed E-state index contributed by atoms with van der Waals surface area (Å²) in [5.41, 5.74) is 4.58. The van der Waals surface area contributed by atoms with Crippen LogP contribution < -0.4 is 140 Å². The molecule has 3 rings (SSSR count). The van der Waals surface area contributed by atoms with Crippen molar-refractivity contribution < 1.29 is 199 Å². The molecule has 0 aromatic heterocycles. The number of nitrogens with two attached hydrogens (primary N) is 1. The number of anilines is 2. The van der Waals surface area contributed by atoms with E-state index in [1.54, 1.807) is 0 Å². The van der Waals surface area contributed by atoms with E-state index in [0.717, 1.165) is 30.3 Å². The Bertz CT molecular complexity index is 2290. The minimum Gasteiger partial charge on any atom is -0.744 e. The van der Waals surface area contributed by atoms with Crippen molar-refractivity contribution in [1.82, 2.24) is 0 Å². The van der Waals surface area contributed by atoms with Crippen LogP contribution in [0.1, 0.15) is 0 Å². The van der Waals surface area contributed by atoms with E-state index in [9.17, 15) is 53.3 Å². The van der Waals surface area contributed by atoms with Crippen LogP contribution in [-0.2, 0) is 67.0 Å². The number of hydrogen-bond acceptors (Lipinski definition) is 26. The number of nitrogens with zero attached hydrogens (tertiary/aromatic N) is 4. The maximum absolute atomic E-state index is 12.6. The molecule has 292 valence electrons. The molecule has 57 heavy (non-hydrogen) atoms. The van der Waals surface area contributed by atoms with Crippen molar-refractivity contribution in [3.05, 3.63) is 48.5 Å². The van der Waals surface area contributed by atoms with Crippen molar-refractivity contribution in [1.29, 1.82) is 0 Å². The molecule has 24 nitrogen and oxygen atoms in total. The summed E-state index contributed by atoms with van der Waals surface area (Å²) < 4.78 is 140. The zero-order valence-electron chi connectivity index (χ0n) is 30.1. The second-order valence-corrected chi connectivity index (χ2v) is 17.4. The Morgan fingerprint density at radius 2 is 1.00 bits per heavy atom. The summed E-state index contributed by atoms with van der Waals surface area (Å²) in [5, 5.41) is 43.5. The Kier molecular flexibility index (Phi) is 28.9. The van der Waals surface area contributed by atoms with Gasteiger partial charge in [0.1, 0.15) is 43.0 Å². The van der Waals surface area contributed by atoms with E-state index >= 15 is 0 Å². The third-order valence-corrected chi connectivity index (χ3v) is 12.0. The summed E-state index contributed by atoms with van der Waals surface area (Å²) in [5.74, 6) is -1.46. The molecule has 34 heteroatoms. The Hall–Kier alpha value is 0.560. The van der Waals surface area contributed by atoms with E-state index < -0.39 is 95.6 Å². The van der Waals surface area contributed by atoms with Crippen molar-refractivity contribution >= 4 is 98.7 Å². The van der Waals surface area contributed by atoms with Crippen molar-refractivity contribution in [2.45, 2.75) is 19.6 Å². The van der Waals surface area contributed by atoms with E-state index in [0.29, 0.717) is 12.1 Å². The van der Waals surface area contributed by atoms with Gasteiger partial charge in [0.05, 0.1) is 55.7 Å². The van der Waals surface area contributed by atoms with E-state index in [1.807, 2.05) is 0 Å². The first kappa shape index (κ1) is 59.7. The van der Waals surface area contributed by atoms with Crippen molar-refractivity contribution in [3.63, 3.8) is 0 Å². The van der Waals surface area contributed by atoms with E-state index in [1.165, 1.54) is 13.1 Å². The van der Waals surface area contributed by atoms with Gasteiger partial charge in [0.2, 0.25) is 0 Å². The van der Waals surface area contributed by atoms with Crippen LogP contribution in [0.5, 0.6) is 0 Å². The summed E-state index contributed by atoms with van der Waals surface area (Å²) in [7, 11) is -17.7. The largest absolute Gasteiger partial charge is 1.00 e. The van der Waals surface area contributed by atoms with Crippen molar-refractivity contribution in [3.8, 4) is 0 Å². The Morgan fingerprint density at radius 3 is 1.37 bits per heavy atom. The molecule has 0 amide bonds. The number of sulfone groups is 2. The predicted molar refractivity (Wildman–Crippen MR) is 173 cm³/mol. The van der Waals surface area contributed by atoms with Crippen molar-refractivity contribution in [2.75, 3.05) is 42.8 Å². The molecule has 0 aliphatic rings. The molecule has 0 aliphatic carbocycles. The van der Waals surface area contributed by atoms with Gasteiger partial charge in [-0.3, -0.25) is 18.4 Å². The fourth-order valence-corrected chi connectivity index (χ4v) is 8.06. The molecule has 0 fully saturated rings. The monoisotopic (exact) mass is 954 g/mol. The maximum atomic E-state index is 12.6. The maximum Gasteiger partial charge on any atom is 1.00 e. The predicted octanol–water partition coefficient (Wildman–Crippen LogP) is -10.9. The second kappa shape index (κ2) is 27.6. The summed E-state index contributed by atoms with van der Waals surface area (Å²) in [4.78, 5) is -3.33. The average molecular weight is 955 g/mol. The molecule has 0 bridgehead atoms. The molecule has 3 N–H and O–H groups in total. The number of rotatable bonds is 21. The quantitative estimate of drug-likeness (QED) is 0.0146. The molecular formula is C23H22N6Na4O18S6. The van der Waals surface area contributed by atoms with Crippen LogP contribution in [0.25, 0.3) is 0 Å². The van der Waals surface area contributed by atoms with Gasteiger partial charge in [-0.15, -0.1) is 29.1 Å². The fourth-order valence-electron chi connectivity index (χ4n) is 3.77. The number of azo groups is 2. The smallest absolute Gasteiger partial charge is 0.744 e. The molecule has 0 saturated heterocycles. The molecule has 3 aromatic carbocycles. The first-order valence-corrected chi connectivity index (χ1v) is 20.9. The number of nitrogen functional groups attached to an aromatic ring is 1. The summed E-state index contributed by atoms with van der Waals surface area (Å²) in [6, 6.07) is 7.14. The van der Waals surface area contributed by atoms with Crippen LogP contribution in [0.15, 0.2) is 88.6 Å². The average Bonchev–Trinajstić information content (AvgIpc) is 3.09. The minimum atomic E-state index is -5.35. The molecule has 0 spiro atoms. The van der Waals surface area contributed by atoms with Crippen LogP contribution >= 0.6 is 24.6 Å². The molecule has 0 radical (unpaired) electrons. The third kappa shape index (κ3) is 18.8. The van der Waals surface area contributed by atoms with Crippen LogP contribution in [-0.4, -0.2) is 74.5 Å². The van der Waals surface area contributed by atoms with Gasteiger partial charge in [0.15, 0.2) is 44.3 Å². The van der Waals surface area contributed by atoms with E-state index in [2.05, 4.69) is 52.9 Å². The number of hydrogen-bond donors (Lipinski definition) is 2. The zero-order chi connectivity index (χ0) is 39.5. The molecule has 0 heterocycles. The summed E-state index contributed by atoms with van der Waals surface area (Å²) >= 11 is 0.0894. The Balaban J connectivity index is 0. The third-order valence-electron chi connectivity index (χ3n) is 6.14. The van der Waals surface area contributed by atoms with Gasteiger partial charge < -0.3 is 30.7 Å². The van der Waals surface area contributed by atoms with Gasteiger partial charge in [0, 0.05) is 7.05 Å². The van der Waals surface area contributed by atoms with E-state index in [4.69, 9.17) is 5.73 Å². The van der Waals surface area contributed by atoms with Gasteiger partial charge in [-0.25, -0.2) is 33.7 Å². The number of benzene rings is 3. The van der Waals surface area contributed by atoms with Crippen LogP contribution in [0.3, 0.4) is 0 Å². The van der Waals surface area contributed by atoms with Crippen molar-refractivity contribution in [2.24, 2.45) is 20.5 Å². The fraction of sp³-hybridized carbons (Fsp3) is 0.217. The first-order chi connectivity index (χ1) is 24.8. The van der Waals surface area contributed by atoms with Crippen LogP contribution in [0.2, 0.25) is 0 Å². The summed E-state index contributed by atoms with van der Waals surface area (Å²) in [6.07, 6.45) is 0. The van der Waals surface area contributed by atoms with Crippen LogP contribution in [0.4, 0.5) is 34.1 Å². The summed E-state index contributed by atoms with van der Waals surface area (Å²) in [6.45, 7) is -1.06. The molecule has 0 saturated carbocycles. The molecular weight excluding hydrogens is 933 g/mol. The Labute approximate surface area is 422 Å². The van der Waals surface area contributed by atoms with Gasteiger partial charge in [-0.1, -0.05) is 0 Å². The SMILES string of the molecule is CNc1cc(N)c(N=Nc2ccc(S(=O)(=O)CCOSOO[O-])cc2S(=O)(=O)[O-])cc1N=Nc1ccc(S(=O)(=O)CCOSOO[O-])cc1S(=O)(=O)[O-].[Na+].[Na+].[Na+].[Na+]. The molecule has 0 aliphatic heterocycles. The minimum absolute atomic E-state index is 0. The first-order valence-electron chi connectivity index (χ1n) is 13.4. The molecule has 0 atom stereocenters. The molecule has 3 aromatic rings. The van der Waals surface area contributed by atoms with Gasteiger partial charge in [0.25, 0.3) is 0 Å². The van der Waals surface area contributed by atoms with Crippen LogP contribution in [0, 0.1) is 0 Å². The topological polar surface area (TPSA) is 372 Å².